The third-order valence-corrected chi connectivity index (χ3v) is 6.63. The molecule has 2 amide bonds. The molecular weight excluding hydrogens is 529 g/mol. The zero-order chi connectivity index (χ0) is 29.0. The van der Waals surface area contributed by atoms with E-state index in [9.17, 15) is 22.8 Å². The van der Waals surface area contributed by atoms with Crippen LogP contribution >= 0.6 is 0 Å². The Morgan fingerprint density at radius 3 is 2.22 bits per heavy atom. The van der Waals surface area contributed by atoms with Crippen molar-refractivity contribution in [3.63, 3.8) is 0 Å². The van der Waals surface area contributed by atoms with E-state index >= 15 is 0 Å². The molecule has 0 bridgehead atoms. The van der Waals surface area contributed by atoms with Gasteiger partial charge in [-0.2, -0.15) is 13.2 Å². The van der Waals surface area contributed by atoms with E-state index < -0.39 is 17.6 Å². The molecule has 0 spiro atoms. The quantitative estimate of drug-likeness (QED) is 0.211. The number of amides is 2. The average Bonchev–Trinajstić information content (AvgIpc) is 2.99. The molecule has 4 N–H and O–H groups in total. The lowest BCUT2D eigenvalue weighted by atomic mass is 9.98. The molecule has 1 aromatic heterocycles. The Bertz CT molecular complexity index is 1700. The second kappa shape index (κ2) is 11.6. The topological polar surface area (TPSA) is 97.1 Å². The number of nitrogens with two attached hydrogens (primary N) is 1. The number of nitrogens with zero attached hydrogens (tertiary/aromatic N) is 1. The Morgan fingerprint density at radius 1 is 0.805 bits per heavy atom. The SMILES string of the molecule is NCC(NC(=O)c1ccc2nc(NC(=O)c3ccccc3-c3ccc(C(F)(F)F)cc3)ccc2c1)c1ccccc1. The van der Waals surface area contributed by atoms with Gasteiger partial charge in [0.2, 0.25) is 0 Å². The molecule has 4 aromatic carbocycles. The van der Waals surface area contributed by atoms with Gasteiger partial charge in [0.05, 0.1) is 17.1 Å². The highest BCUT2D eigenvalue weighted by Gasteiger charge is 2.30. The molecule has 206 valence electrons. The molecule has 5 rings (SSSR count). The van der Waals surface area contributed by atoms with Gasteiger partial charge in [-0.25, -0.2) is 4.98 Å². The van der Waals surface area contributed by atoms with Crippen LogP contribution in [0.3, 0.4) is 0 Å². The van der Waals surface area contributed by atoms with Gasteiger partial charge in [0.25, 0.3) is 11.8 Å². The highest BCUT2D eigenvalue weighted by Crippen LogP contribution is 2.32. The van der Waals surface area contributed by atoms with Crippen molar-refractivity contribution in [1.29, 1.82) is 0 Å². The van der Waals surface area contributed by atoms with E-state index in [1.165, 1.54) is 12.1 Å². The van der Waals surface area contributed by atoms with Crippen LogP contribution in [0.1, 0.15) is 37.9 Å². The minimum absolute atomic E-state index is 0.246. The number of aromatic nitrogens is 1. The maximum absolute atomic E-state index is 13.2. The number of benzene rings is 4. The van der Waals surface area contributed by atoms with Crippen LogP contribution < -0.4 is 16.4 Å². The lowest BCUT2D eigenvalue weighted by Gasteiger charge is -2.17. The summed E-state index contributed by atoms with van der Waals surface area (Å²) in [5.74, 6) is -0.449. The van der Waals surface area contributed by atoms with Gasteiger partial charge in [-0.3, -0.25) is 9.59 Å². The van der Waals surface area contributed by atoms with E-state index in [-0.39, 0.29) is 29.9 Å². The summed E-state index contributed by atoms with van der Waals surface area (Å²) in [7, 11) is 0. The standard InChI is InChI=1S/C32H25F3N4O2/c33-32(34,35)24-14-10-20(11-15-24)25-8-4-5-9-26(25)31(41)39-29-17-13-22-18-23(12-16-27(22)37-29)30(40)38-28(19-36)21-6-2-1-3-7-21/h1-18,28H,19,36H2,(H,38,40)(H,37,39,41). The first-order valence-corrected chi connectivity index (χ1v) is 12.8. The number of hydrogen-bond acceptors (Lipinski definition) is 4. The number of halogens is 3. The van der Waals surface area contributed by atoms with Gasteiger partial charge in [0, 0.05) is 23.1 Å². The molecule has 0 radical (unpaired) electrons. The lowest BCUT2D eigenvalue weighted by molar-refractivity contribution is -0.137. The zero-order valence-electron chi connectivity index (χ0n) is 21.7. The number of nitrogens with one attached hydrogen (secondary N) is 2. The number of fused-ring (bicyclic) bond motifs is 1. The second-order valence-corrected chi connectivity index (χ2v) is 9.35. The van der Waals surface area contributed by atoms with Crippen molar-refractivity contribution in [2.24, 2.45) is 5.73 Å². The summed E-state index contributed by atoms with van der Waals surface area (Å²) in [6.45, 7) is 0.246. The van der Waals surface area contributed by atoms with Crippen molar-refractivity contribution in [2.45, 2.75) is 12.2 Å². The third kappa shape index (κ3) is 6.26. The van der Waals surface area contributed by atoms with Crippen molar-refractivity contribution in [2.75, 3.05) is 11.9 Å². The molecule has 41 heavy (non-hydrogen) atoms. The van der Waals surface area contributed by atoms with Gasteiger partial charge in [0.1, 0.15) is 5.82 Å². The smallest absolute Gasteiger partial charge is 0.344 e. The first-order chi connectivity index (χ1) is 19.7. The predicted octanol–water partition coefficient (Wildman–Crippen LogP) is 6.60. The summed E-state index contributed by atoms with van der Waals surface area (Å²) in [6.07, 6.45) is -4.45. The van der Waals surface area contributed by atoms with Gasteiger partial charge in [-0.15, -0.1) is 0 Å². The molecule has 0 aliphatic heterocycles. The van der Waals surface area contributed by atoms with Crippen molar-refractivity contribution >= 4 is 28.5 Å². The fourth-order valence-corrected chi connectivity index (χ4v) is 4.50. The van der Waals surface area contributed by atoms with E-state index in [0.29, 0.717) is 27.6 Å². The van der Waals surface area contributed by atoms with E-state index in [1.807, 2.05) is 30.3 Å². The molecule has 0 aliphatic carbocycles. The van der Waals surface area contributed by atoms with Gasteiger partial charge in [-0.05, 0) is 65.2 Å². The Kier molecular flexibility index (Phi) is 7.80. The maximum Gasteiger partial charge on any atom is 0.416 e. The van der Waals surface area contributed by atoms with Crippen LogP contribution in [0.25, 0.3) is 22.0 Å². The fourth-order valence-electron chi connectivity index (χ4n) is 4.50. The molecule has 1 heterocycles. The van der Waals surface area contributed by atoms with Crippen LogP contribution in [-0.2, 0) is 6.18 Å². The lowest BCUT2D eigenvalue weighted by Crippen LogP contribution is -2.33. The van der Waals surface area contributed by atoms with Crippen LogP contribution in [0.5, 0.6) is 0 Å². The van der Waals surface area contributed by atoms with Crippen LogP contribution in [-0.4, -0.2) is 23.3 Å². The Hall–Kier alpha value is -5.02. The highest BCUT2D eigenvalue weighted by molar-refractivity contribution is 6.08. The third-order valence-electron chi connectivity index (χ3n) is 6.63. The summed E-state index contributed by atoms with van der Waals surface area (Å²) in [5, 5.41) is 6.41. The van der Waals surface area contributed by atoms with E-state index in [0.717, 1.165) is 17.7 Å². The Labute approximate surface area is 234 Å². The number of carbonyl (C=O) groups excluding carboxylic acids is 2. The maximum atomic E-state index is 13.2. The molecule has 0 saturated carbocycles. The summed E-state index contributed by atoms with van der Waals surface area (Å²) in [5.41, 5.74) is 8.28. The van der Waals surface area contributed by atoms with E-state index in [4.69, 9.17) is 5.73 Å². The molecule has 0 aliphatic rings. The van der Waals surface area contributed by atoms with Gasteiger partial charge >= 0.3 is 6.18 Å². The Balaban J connectivity index is 1.33. The van der Waals surface area contributed by atoms with Crippen molar-refractivity contribution in [3.05, 3.63) is 131 Å². The summed E-state index contributed by atoms with van der Waals surface area (Å²) < 4.78 is 38.9. The monoisotopic (exact) mass is 554 g/mol. The summed E-state index contributed by atoms with van der Waals surface area (Å²) in [4.78, 5) is 30.6. The van der Waals surface area contributed by atoms with Gasteiger partial charge in [-0.1, -0.05) is 60.7 Å². The van der Waals surface area contributed by atoms with Crippen LogP contribution in [0, 0.1) is 0 Å². The summed E-state index contributed by atoms with van der Waals surface area (Å²) >= 11 is 0. The largest absolute Gasteiger partial charge is 0.416 e. The molecule has 6 nitrogen and oxygen atoms in total. The number of pyridine rings is 1. The van der Waals surface area contributed by atoms with Gasteiger partial charge in [0.15, 0.2) is 0 Å². The first-order valence-electron chi connectivity index (χ1n) is 12.8. The summed E-state index contributed by atoms with van der Waals surface area (Å²) in [6, 6.07) is 28.9. The number of alkyl halides is 3. The molecule has 1 unspecified atom stereocenters. The highest BCUT2D eigenvalue weighted by atomic mass is 19.4. The molecule has 0 fully saturated rings. The average molecular weight is 555 g/mol. The minimum atomic E-state index is -4.45. The first kappa shape index (κ1) is 27.5. The van der Waals surface area contributed by atoms with Crippen molar-refractivity contribution < 1.29 is 22.8 Å². The molecule has 5 aromatic rings. The number of hydrogen-bond donors (Lipinski definition) is 3. The number of carbonyl (C=O) groups is 2. The predicted molar refractivity (Wildman–Crippen MR) is 152 cm³/mol. The molecule has 1 atom stereocenters. The van der Waals surface area contributed by atoms with Gasteiger partial charge < -0.3 is 16.4 Å². The molecular formula is C32H25F3N4O2. The van der Waals surface area contributed by atoms with Crippen molar-refractivity contribution in [1.82, 2.24) is 10.3 Å². The number of rotatable bonds is 7. The molecule has 0 saturated heterocycles. The normalized spacial score (nSPS) is 12.1. The number of anilines is 1. The zero-order valence-corrected chi connectivity index (χ0v) is 21.7. The van der Waals surface area contributed by atoms with Crippen LogP contribution in [0.15, 0.2) is 109 Å². The van der Waals surface area contributed by atoms with Crippen molar-refractivity contribution in [3.8, 4) is 11.1 Å². The van der Waals surface area contributed by atoms with E-state index in [1.54, 1.807) is 54.6 Å². The van der Waals surface area contributed by atoms with Crippen LogP contribution in [0.2, 0.25) is 0 Å². The second-order valence-electron chi connectivity index (χ2n) is 9.35. The minimum Gasteiger partial charge on any atom is -0.344 e. The Morgan fingerprint density at radius 2 is 1.51 bits per heavy atom. The van der Waals surface area contributed by atoms with Crippen LogP contribution in [0.4, 0.5) is 19.0 Å². The van der Waals surface area contributed by atoms with E-state index in [2.05, 4.69) is 15.6 Å². The fraction of sp³-hybridized carbons (Fsp3) is 0.0938. The molecule has 9 heteroatoms.